The molecule has 1 aromatic rings. The van der Waals surface area contributed by atoms with Crippen molar-refractivity contribution in [2.24, 2.45) is 0 Å². The van der Waals surface area contributed by atoms with E-state index in [-0.39, 0.29) is 5.91 Å². The van der Waals surface area contributed by atoms with Crippen molar-refractivity contribution in [1.29, 1.82) is 0 Å². The van der Waals surface area contributed by atoms with Crippen molar-refractivity contribution in [3.8, 4) is 11.5 Å². The van der Waals surface area contributed by atoms with Gasteiger partial charge in [-0.15, -0.1) is 0 Å². The van der Waals surface area contributed by atoms with Crippen LogP contribution in [-0.2, 0) is 11.2 Å². The Labute approximate surface area is 101 Å². The van der Waals surface area contributed by atoms with Gasteiger partial charge in [0.05, 0.1) is 13.2 Å². The van der Waals surface area contributed by atoms with Crippen LogP contribution < -0.4 is 14.8 Å². The Kier molecular flexibility index (Phi) is 3.85. The molecule has 0 fully saturated rings. The van der Waals surface area contributed by atoms with Gasteiger partial charge in [0.2, 0.25) is 5.91 Å². The third kappa shape index (κ3) is 3.12. The first-order valence-electron chi connectivity index (χ1n) is 5.89. The zero-order valence-corrected chi connectivity index (χ0v) is 9.99. The number of fused-ring (bicyclic) bond motifs is 1. The molecule has 0 bridgehead atoms. The molecule has 0 saturated carbocycles. The molecule has 1 heterocycles. The van der Waals surface area contributed by atoms with E-state index in [1.54, 1.807) is 0 Å². The van der Waals surface area contributed by atoms with Gasteiger partial charge in [-0.2, -0.15) is 0 Å². The molecule has 4 nitrogen and oxygen atoms in total. The summed E-state index contributed by atoms with van der Waals surface area (Å²) in [6, 6.07) is 5.94. The normalized spacial score (nSPS) is 13.5. The van der Waals surface area contributed by atoms with E-state index in [0.29, 0.717) is 13.2 Å². The summed E-state index contributed by atoms with van der Waals surface area (Å²) in [5, 5.41) is 2.69. The average molecular weight is 235 g/mol. The first-order chi connectivity index (χ1) is 8.27. The predicted octanol–water partition coefficient (Wildman–Crippen LogP) is 1.53. The maximum Gasteiger partial charge on any atom is 0.216 e. The Hall–Kier alpha value is -1.71. The Morgan fingerprint density at radius 2 is 2.41 bits per heavy atom. The topological polar surface area (TPSA) is 47.6 Å². The highest BCUT2D eigenvalue weighted by atomic mass is 16.5. The van der Waals surface area contributed by atoms with E-state index in [2.05, 4.69) is 11.4 Å². The standard InChI is InChI=1S/C13H17NO3/c1-10(15)14-7-9-16-12-6-2-4-11-5-3-8-17-13(11)12/h2,4,6H,3,5,7-9H2,1H3,(H,14,15). The van der Waals surface area contributed by atoms with Crippen LogP contribution in [0.3, 0.4) is 0 Å². The van der Waals surface area contributed by atoms with Gasteiger partial charge in [0, 0.05) is 6.92 Å². The molecule has 92 valence electrons. The molecule has 0 spiro atoms. The zero-order valence-electron chi connectivity index (χ0n) is 9.99. The highest BCUT2D eigenvalue weighted by molar-refractivity contribution is 5.72. The fraction of sp³-hybridized carbons (Fsp3) is 0.462. The molecule has 1 amide bonds. The quantitative estimate of drug-likeness (QED) is 0.805. The maximum absolute atomic E-state index is 10.7. The van der Waals surface area contributed by atoms with Crippen molar-refractivity contribution in [2.45, 2.75) is 19.8 Å². The average Bonchev–Trinajstić information content (AvgIpc) is 2.34. The lowest BCUT2D eigenvalue weighted by atomic mass is 10.1. The number of hydrogen-bond donors (Lipinski definition) is 1. The Bertz CT molecular complexity index is 404. The SMILES string of the molecule is CC(=O)NCCOc1cccc2c1OCCC2. The minimum absolute atomic E-state index is 0.0417. The Morgan fingerprint density at radius 3 is 3.24 bits per heavy atom. The van der Waals surface area contributed by atoms with Crippen molar-refractivity contribution < 1.29 is 14.3 Å². The molecular weight excluding hydrogens is 218 g/mol. The third-order valence-electron chi connectivity index (χ3n) is 2.63. The summed E-state index contributed by atoms with van der Waals surface area (Å²) < 4.78 is 11.2. The summed E-state index contributed by atoms with van der Waals surface area (Å²) in [5.41, 5.74) is 1.20. The number of hydrogen-bond acceptors (Lipinski definition) is 3. The van der Waals surface area contributed by atoms with E-state index >= 15 is 0 Å². The number of aryl methyl sites for hydroxylation is 1. The van der Waals surface area contributed by atoms with Crippen LogP contribution in [0.4, 0.5) is 0 Å². The maximum atomic E-state index is 10.7. The second kappa shape index (κ2) is 5.57. The van der Waals surface area contributed by atoms with Crippen LogP contribution in [0.5, 0.6) is 11.5 Å². The molecule has 0 atom stereocenters. The van der Waals surface area contributed by atoms with E-state index in [1.807, 2.05) is 12.1 Å². The van der Waals surface area contributed by atoms with Gasteiger partial charge in [-0.3, -0.25) is 4.79 Å². The second-order valence-electron chi connectivity index (χ2n) is 4.03. The fourth-order valence-corrected chi connectivity index (χ4v) is 1.86. The van der Waals surface area contributed by atoms with Gasteiger partial charge in [0.25, 0.3) is 0 Å². The minimum atomic E-state index is -0.0417. The molecule has 1 aliphatic rings. The van der Waals surface area contributed by atoms with Crippen LogP contribution >= 0.6 is 0 Å². The van der Waals surface area contributed by atoms with Crippen molar-refractivity contribution in [3.05, 3.63) is 23.8 Å². The van der Waals surface area contributed by atoms with E-state index < -0.39 is 0 Å². The number of para-hydroxylation sites is 1. The zero-order chi connectivity index (χ0) is 12.1. The molecular formula is C13H17NO3. The molecule has 0 unspecified atom stereocenters. The Balaban J connectivity index is 1.94. The first kappa shape index (κ1) is 11.8. The number of ether oxygens (including phenoxy) is 2. The number of benzene rings is 1. The summed E-state index contributed by atoms with van der Waals surface area (Å²) in [6.07, 6.45) is 2.10. The highest BCUT2D eigenvalue weighted by Gasteiger charge is 2.14. The van der Waals surface area contributed by atoms with Crippen LogP contribution in [0.2, 0.25) is 0 Å². The van der Waals surface area contributed by atoms with E-state index in [1.165, 1.54) is 12.5 Å². The minimum Gasteiger partial charge on any atom is -0.489 e. The number of carbonyl (C=O) groups is 1. The summed E-state index contributed by atoms with van der Waals surface area (Å²) in [6.45, 7) is 3.21. The van der Waals surface area contributed by atoms with Crippen molar-refractivity contribution in [1.82, 2.24) is 5.32 Å². The van der Waals surface area contributed by atoms with Crippen LogP contribution in [0.15, 0.2) is 18.2 Å². The number of rotatable bonds is 4. The molecule has 1 N–H and O–H groups in total. The predicted molar refractivity (Wildman–Crippen MR) is 64.4 cm³/mol. The smallest absolute Gasteiger partial charge is 0.216 e. The molecule has 2 rings (SSSR count). The number of nitrogens with one attached hydrogen (secondary N) is 1. The largest absolute Gasteiger partial charge is 0.489 e. The van der Waals surface area contributed by atoms with Crippen LogP contribution in [0.25, 0.3) is 0 Å². The molecule has 0 aromatic heterocycles. The van der Waals surface area contributed by atoms with Gasteiger partial charge in [0.1, 0.15) is 6.61 Å². The van der Waals surface area contributed by atoms with Gasteiger partial charge < -0.3 is 14.8 Å². The van der Waals surface area contributed by atoms with E-state index in [9.17, 15) is 4.79 Å². The summed E-state index contributed by atoms with van der Waals surface area (Å²) in [4.78, 5) is 10.7. The van der Waals surface area contributed by atoms with Gasteiger partial charge >= 0.3 is 0 Å². The van der Waals surface area contributed by atoms with Crippen LogP contribution in [0.1, 0.15) is 18.9 Å². The van der Waals surface area contributed by atoms with E-state index in [4.69, 9.17) is 9.47 Å². The molecule has 4 heteroatoms. The lowest BCUT2D eigenvalue weighted by Crippen LogP contribution is -2.25. The molecule has 0 saturated heterocycles. The highest BCUT2D eigenvalue weighted by Crippen LogP contribution is 2.34. The summed E-state index contributed by atoms with van der Waals surface area (Å²) in [7, 11) is 0. The van der Waals surface area contributed by atoms with Gasteiger partial charge in [-0.05, 0) is 24.5 Å². The number of carbonyl (C=O) groups excluding carboxylic acids is 1. The Morgan fingerprint density at radius 1 is 1.53 bits per heavy atom. The van der Waals surface area contributed by atoms with Crippen molar-refractivity contribution >= 4 is 5.91 Å². The molecule has 17 heavy (non-hydrogen) atoms. The van der Waals surface area contributed by atoms with Gasteiger partial charge in [0.15, 0.2) is 11.5 Å². The molecule has 0 radical (unpaired) electrons. The summed E-state index contributed by atoms with van der Waals surface area (Å²) >= 11 is 0. The second-order valence-corrected chi connectivity index (χ2v) is 4.03. The van der Waals surface area contributed by atoms with Crippen LogP contribution in [0, 0.1) is 0 Å². The fourth-order valence-electron chi connectivity index (χ4n) is 1.86. The monoisotopic (exact) mass is 235 g/mol. The lowest BCUT2D eigenvalue weighted by molar-refractivity contribution is -0.119. The lowest BCUT2D eigenvalue weighted by Gasteiger charge is -2.20. The molecule has 1 aromatic carbocycles. The molecule has 1 aliphatic heterocycles. The van der Waals surface area contributed by atoms with Crippen molar-refractivity contribution in [3.63, 3.8) is 0 Å². The summed E-state index contributed by atoms with van der Waals surface area (Å²) in [5.74, 6) is 1.59. The van der Waals surface area contributed by atoms with Crippen LogP contribution in [-0.4, -0.2) is 25.7 Å². The van der Waals surface area contributed by atoms with Crippen molar-refractivity contribution in [2.75, 3.05) is 19.8 Å². The molecule has 0 aliphatic carbocycles. The van der Waals surface area contributed by atoms with Gasteiger partial charge in [-0.1, -0.05) is 12.1 Å². The van der Waals surface area contributed by atoms with Gasteiger partial charge in [-0.25, -0.2) is 0 Å². The van der Waals surface area contributed by atoms with E-state index in [0.717, 1.165) is 30.9 Å². The third-order valence-corrected chi connectivity index (χ3v) is 2.63. The first-order valence-corrected chi connectivity index (χ1v) is 5.89. The number of amides is 1.